The van der Waals surface area contributed by atoms with Crippen LogP contribution in [0.15, 0.2) is 83.0 Å². The largest absolute Gasteiger partial charge is 0.497 e. The minimum atomic E-state index is -0.195. The van der Waals surface area contributed by atoms with E-state index >= 15 is 0 Å². The topological polar surface area (TPSA) is 81.4 Å². The number of methoxy groups -OCH3 is 1. The van der Waals surface area contributed by atoms with Gasteiger partial charge in [0.1, 0.15) is 5.75 Å². The molecule has 4 aromatic rings. The van der Waals surface area contributed by atoms with Gasteiger partial charge in [0, 0.05) is 23.4 Å². The summed E-state index contributed by atoms with van der Waals surface area (Å²) in [6.07, 6.45) is 11.5. The molecule has 2 aromatic carbocycles. The van der Waals surface area contributed by atoms with Crippen LogP contribution in [0, 0.1) is 0 Å². The van der Waals surface area contributed by atoms with Crippen molar-refractivity contribution in [2.24, 2.45) is 5.10 Å². The van der Waals surface area contributed by atoms with E-state index in [9.17, 15) is 4.79 Å². The minimum absolute atomic E-state index is 0.0341. The third-order valence-electron chi connectivity index (χ3n) is 7.64. The molecule has 0 unspecified atom stereocenters. The molecular formula is C30H29N5O2. The smallest absolute Gasteiger partial charge is 0.263 e. The molecule has 186 valence electrons. The average Bonchev–Trinajstić information content (AvgIpc) is 2.94. The average molecular weight is 492 g/mol. The zero-order valence-corrected chi connectivity index (χ0v) is 20.9. The molecule has 7 nitrogen and oxygen atoms in total. The number of nitrogens with one attached hydrogen (secondary N) is 1. The first-order valence-electron chi connectivity index (χ1n) is 12.8. The summed E-state index contributed by atoms with van der Waals surface area (Å²) in [7, 11) is 1.63. The van der Waals surface area contributed by atoms with E-state index in [1.807, 2.05) is 42.5 Å². The van der Waals surface area contributed by atoms with Gasteiger partial charge in [-0.1, -0.05) is 43.5 Å². The van der Waals surface area contributed by atoms with Crippen molar-refractivity contribution in [2.45, 2.75) is 43.9 Å². The fraction of sp³-hybridized carbons (Fsp3) is 0.267. The minimum Gasteiger partial charge on any atom is -0.497 e. The maximum Gasteiger partial charge on any atom is 0.263 e. The predicted molar refractivity (Wildman–Crippen MR) is 146 cm³/mol. The molecule has 1 N–H and O–H groups in total. The molecule has 37 heavy (non-hydrogen) atoms. The predicted octanol–water partition coefficient (Wildman–Crippen LogP) is 5.51. The summed E-state index contributed by atoms with van der Waals surface area (Å²) in [5, 5.41) is 4.43. The van der Waals surface area contributed by atoms with Gasteiger partial charge in [0.25, 0.3) is 5.56 Å². The number of nitrogens with zero attached hydrogens (tertiary/aromatic N) is 4. The lowest BCUT2D eigenvalue weighted by atomic mass is 9.62. The summed E-state index contributed by atoms with van der Waals surface area (Å²) in [6, 6.07) is 19.6. The van der Waals surface area contributed by atoms with Crippen molar-refractivity contribution in [3.8, 4) is 22.7 Å². The molecule has 1 fully saturated rings. The van der Waals surface area contributed by atoms with Crippen LogP contribution in [0.5, 0.6) is 5.75 Å². The van der Waals surface area contributed by atoms with Crippen molar-refractivity contribution in [1.29, 1.82) is 0 Å². The van der Waals surface area contributed by atoms with Gasteiger partial charge in [0.15, 0.2) is 0 Å². The highest BCUT2D eigenvalue weighted by Crippen LogP contribution is 2.48. The number of anilines is 1. The lowest BCUT2D eigenvalue weighted by Crippen LogP contribution is -2.42. The Hall–Kier alpha value is -4.26. The van der Waals surface area contributed by atoms with Gasteiger partial charge in [-0.2, -0.15) is 5.10 Å². The second kappa shape index (κ2) is 9.65. The molecule has 0 radical (unpaired) electrons. The van der Waals surface area contributed by atoms with Crippen LogP contribution in [0.4, 0.5) is 5.95 Å². The molecule has 2 aliphatic carbocycles. The Kier molecular flexibility index (Phi) is 6.04. The number of hydrogen-bond donors (Lipinski definition) is 1. The first-order valence-corrected chi connectivity index (χ1v) is 12.8. The van der Waals surface area contributed by atoms with Gasteiger partial charge >= 0.3 is 0 Å². The van der Waals surface area contributed by atoms with E-state index in [1.54, 1.807) is 30.3 Å². The highest BCUT2D eigenvalue weighted by atomic mass is 16.5. The summed E-state index contributed by atoms with van der Waals surface area (Å²) in [6.45, 7) is 0. The molecule has 0 amide bonds. The molecule has 2 aliphatic rings. The van der Waals surface area contributed by atoms with E-state index in [-0.39, 0.29) is 11.0 Å². The van der Waals surface area contributed by atoms with Gasteiger partial charge in [-0.05, 0) is 66.8 Å². The number of fused-ring (bicyclic) bond motifs is 4. The Balaban J connectivity index is 1.56. The van der Waals surface area contributed by atoms with Gasteiger partial charge in [-0.3, -0.25) is 9.78 Å². The first-order chi connectivity index (χ1) is 18.2. The molecule has 1 saturated carbocycles. The second-order valence-corrected chi connectivity index (χ2v) is 9.82. The highest BCUT2D eigenvalue weighted by molar-refractivity contribution is 5.80. The van der Waals surface area contributed by atoms with Gasteiger partial charge in [-0.25, -0.2) is 15.0 Å². The molecule has 0 bridgehead atoms. The van der Waals surface area contributed by atoms with Crippen molar-refractivity contribution in [3.63, 3.8) is 0 Å². The van der Waals surface area contributed by atoms with Crippen molar-refractivity contribution >= 4 is 12.2 Å². The molecule has 0 atom stereocenters. The van der Waals surface area contributed by atoms with Crippen LogP contribution in [0.1, 0.15) is 48.8 Å². The molecule has 1 spiro atoms. The Labute approximate surface area is 215 Å². The van der Waals surface area contributed by atoms with Crippen LogP contribution in [0.25, 0.3) is 16.9 Å². The van der Waals surface area contributed by atoms with Crippen LogP contribution >= 0.6 is 0 Å². The Morgan fingerprint density at radius 2 is 1.76 bits per heavy atom. The maximum atomic E-state index is 14.5. The van der Waals surface area contributed by atoms with E-state index in [1.165, 1.54) is 12.0 Å². The third kappa shape index (κ3) is 4.20. The van der Waals surface area contributed by atoms with E-state index in [4.69, 9.17) is 9.72 Å². The molecule has 0 aliphatic heterocycles. The van der Waals surface area contributed by atoms with E-state index < -0.39 is 0 Å². The number of benzene rings is 2. The van der Waals surface area contributed by atoms with Crippen LogP contribution in [-0.4, -0.2) is 27.9 Å². The summed E-state index contributed by atoms with van der Waals surface area (Å²) in [5.74, 6) is 1.10. The monoisotopic (exact) mass is 491 g/mol. The maximum absolute atomic E-state index is 14.5. The van der Waals surface area contributed by atoms with Gasteiger partial charge in [-0.15, -0.1) is 0 Å². The number of hydrogen-bond acceptors (Lipinski definition) is 6. The van der Waals surface area contributed by atoms with Gasteiger partial charge < -0.3 is 4.74 Å². The number of aromatic nitrogens is 3. The number of hydrazone groups is 1. The molecule has 0 saturated heterocycles. The zero-order chi connectivity index (χ0) is 25.2. The quantitative estimate of drug-likeness (QED) is 0.294. The summed E-state index contributed by atoms with van der Waals surface area (Å²) >= 11 is 0. The lowest BCUT2D eigenvalue weighted by Gasteiger charge is -2.42. The number of rotatable bonds is 5. The van der Waals surface area contributed by atoms with Crippen molar-refractivity contribution in [3.05, 3.63) is 100 Å². The van der Waals surface area contributed by atoms with E-state index in [2.05, 4.69) is 33.7 Å². The van der Waals surface area contributed by atoms with Crippen LogP contribution in [-0.2, 0) is 11.8 Å². The van der Waals surface area contributed by atoms with E-state index in [0.29, 0.717) is 11.6 Å². The van der Waals surface area contributed by atoms with Crippen molar-refractivity contribution < 1.29 is 4.74 Å². The zero-order valence-electron chi connectivity index (χ0n) is 20.9. The van der Waals surface area contributed by atoms with Crippen LogP contribution in [0.3, 0.4) is 0 Å². The number of ether oxygens (including phenoxy) is 1. The van der Waals surface area contributed by atoms with Crippen LogP contribution in [0.2, 0.25) is 0 Å². The molecular weight excluding hydrogens is 462 g/mol. The number of pyridine rings is 1. The first kappa shape index (κ1) is 23.2. The Morgan fingerprint density at radius 3 is 2.51 bits per heavy atom. The SMILES string of the molecule is COc1ccc(-n2c(N/N=C\c3ccncc3)nc3c(c2=O)C2(CCCCC2)Cc2ccccc2-3)cc1. The standard InChI is InChI=1S/C30H29N5O2/c1-37-24-11-9-23(10-12-24)35-28(36)26-27(33-29(35)34-32-20-21-13-17-31-18-14-21)25-8-4-3-7-22(25)19-30(26)15-5-2-6-16-30/h3-4,7-14,17-18,20H,2,5-6,15-16,19H2,1H3,(H,33,34)/b32-20-. The molecule has 6 rings (SSSR count). The van der Waals surface area contributed by atoms with Gasteiger partial charge in [0.05, 0.1) is 30.3 Å². The Bertz CT molecular complexity index is 1500. The Morgan fingerprint density at radius 1 is 1.00 bits per heavy atom. The normalized spacial score (nSPS) is 15.8. The molecule has 7 heteroatoms. The van der Waals surface area contributed by atoms with Crippen molar-refractivity contribution in [1.82, 2.24) is 14.5 Å². The molecule has 2 aromatic heterocycles. The highest BCUT2D eigenvalue weighted by Gasteiger charge is 2.43. The fourth-order valence-corrected chi connectivity index (χ4v) is 5.87. The summed E-state index contributed by atoms with van der Waals surface area (Å²) in [4.78, 5) is 23.7. The fourth-order valence-electron chi connectivity index (χ4n) is 5.87. The van der Waals surface area contributed by atoms with E-state index in [0.717, 1.165) is 60.2 Å². The second-order valence-electron chi connectivity index (χ2n) is 9.82. The third-order valence-corrected chi connectivity index (χ3v) is 7.64. The summed E-state index contributed by atoms with van der Waals surface area (Å²) < 4.78 is 7.01. The van der Waals surface area contributed by atoms with Gasteiger partial charge in [0.2, 0.25) is 5.95 Å². The lowest BCUT2D eigenvalue weighted by molar-refractivity contribution is 0.284. The van der Waals surface area contributed by atoms with Crippen LogP contribution < -0.4 is 15.7 Å². The molecule has 2 heterocycles. The summed E-state index contributed by atoms with van der Waals surface area (Å²) in [5.41, 5.74) is 8.36. The van der Waals surface area contributed by atoms with Crippen molar-refractivity contribution in [2.75, 3.05) is 12.5 Å².